The predicted molar refractivity (Wildman–Crippen MR) is 137 cm³/mol. The van der Waals surface area contributed by atoms with E-state index in [0.29, 0.717) is 15.8 Å². The molecule has 0 fully saturated rings. The number of halogens is 3. The number of hydrogen-bond acceptors (Lipinski definition) is 1. The maximum Gasteiger partial charge on any atom is 0.124 e. The highest BCUT2D eigenvalue weighted by Crippen LogP contribution is 2.59. The van der Waals surface area contributed by atoms with E-state index in [-0.39, 0.29) is 12.4 Å². The molecule has 0 bridgehead atoms. The summed E-state index contributed by atoms with van der Waals surface area (Å²) in [6, 6.07) is 34.1. The summed E-state index contributed by atoms with van der Waals surface area (Å²) >= 11 is 13.7. The van der Waals surface area contributed by atoms with Crippen LogP contribution in [0.1, 0.15) is 11.1 Å². The Kier molecular flexibility index (Phi) is 8.26. The van der Waals surface area contributed by atoms with Crippen molar-refractivity contribution in [1.82, 2.24) is 0 Å². The number of benzene rings is 4. The van der Waals surface area contributed by atoms with Crippen molar-refractivity contribution in [1.29, 1.82) is 0 Å². The van der Waals surface area contributed by atoms with Crippen LogP contribution >= 0.6 is 30.5 Å². The lowest BCUT2D eigenvalue weighted by Gasteiger charge is -2.29. The SMILES string of the molecule is COc1cc(Cl)c(C[P+](c2ccccc2)(c2ccccc2)c2ccccc2)c(Cl)c1C.[Cl-]. The van der Waals surface area contributed by atoms with Crippen molar-refractivity contribution in [3.63, 3.8) is 0 Å². The van der Waals surface area contributed by atoms with Gasteiger partial charge in [0.1, 0.15) is 35.1 Å². The second-order valence-corrected chi connectivity index (χ2v) is 11.7. The van der Waals surface area contributed by atoms with E-state index in [1.165, 1.54) is 15.9 Å². The van der Waals surface area contributed by atoms with E-state index in [4.69, 9.17) is 27.9 Å². The van der Waals surface area contributed by atoms with Crippen LogP contribution in [-0.2, 0) is 6.16 Å². The van der Waals surface area contributed by atoms with Crippen molar-refractivity contribution in [3.05, 3.63) is 118 Å². The van der Waals surface area contributed by atoms with E-state index in [1.807, 2.05) is 13.0 Å². The number of ether oxygens (including phenoxy) is 1. The van der Waals surface area contributed by atoms with Crippen LogP contribution in [0.2, 0.25) is 10.0 Å². The first kappa shape index (κ1) is 24.6. The summed E-state index contributed by atoms with van der Waals surface area (Å²) < 4.78 is 5.49. The van der Waals surface area contributed by atoms with Gasteiger partial charge in [0.15, 0.2) is 0 Å². The van der Waals surface area contributed by atoms with E-state index in [2.05, 4.69) is 91.0 Å². The first-order valence-corrected chi connectivity index (χ1v) is 12.9. The zero-order chi connectivity index (χ0) is 21.8. The molecule has 0 amide bonds. The van der Waals surface area contributed by atoms with Crippen molar-refractivity contribution < 1.29 is 17.1 Å². The standard InChI is InChI=1S/C27H24Cl2OP.ClH/c1-20-26(30-2)18-25(28)24(27(20)29)19-31(21-12-6-3-7-13-21,22-14-8-4-9-15-22)23-16-10-5-11-17-23;/h3-18H,19H2,1-2H3;1H/q+1;/p-1. The molecule has 0 spiro atoms. The van der Waals surface area contributed by atoms with Crippen LogP contribution in [0, 0.1) is 6.92 Å². The Morgan fingerprint density at radius 3 is 1.50 bits per heavy atom. The summed E-state index contributed by atoms with van der Waals surface area (Å²) in [5, 5.41) is 5.21. The van der Waals surface area contributed by atoms with Crippen LogP contribution in [0.4, 0.5) is 0 Å². The molecule has 0 aliphatic carbocycles. The van der Waals surface area contributed by atoms with Gasteiger partial charge in [-0.25, -0.2) is 0 Å². The zero-order valence-corrected chi connectivity index (χ0v) is 21.1. The molecule has 4 aromatic rings. The molecule has 0 saturated heterocycles. The Labute approximate surface area is 207 Å². The average Bonchev–Trinajstić information content (AvgIpc) is 2.83. The van der Waals surface area contributed by atoms with E-state index < -0.39 is 7.26 Å². The van der Waals surface area contributed by atoms with Crippen molar-refractivity contribution in [2.24, 2.45) is 0 Å². The highest BCUT2D eigenvalue weighted by molar-refractivity contribution is 7.95. The van der Waals surface area contributed by atoms with Gasteiger partial charge >= 0.3 is 0 Å². The van der Waals surface area contributed by atoms with Crippen LogP contribution in [0.25, 0.3) is 0 Å². The van der Waals surface area contributed by atoms with Crippen molar-refractivity contribution in [3.8, 4) is 5.75 Å². The quantitative estimate of drug-likeness (QED) is 0.365. The van der Waals surface area contributed by atoms with Gasteiger partial charge in [0.2, 0.25) is 0 Å². The van der Waals surface area contributed by atoms with Gasteiger partial charge in [0.25, 0.3) is 0 Å². The fourth-order valence-electron chi connectivity index (χ4n) is 4.11. The first-order chi connectivity index (χ1) is 15.1. The lowest BCUT2D eigenvalue weighted by molar-refractivity contribution is -0.00000622. The van der Waals surface area contributed by atoms with Crippen LogP contribution in [0.15, 0.2) is 97.1 Å². The normalized spacial score (nSPS) is 11.0. The molecule has 0 aliphatic rings. The van der Waals surface area contributed by atoms with Gasteiger partial charge in [0.05, 0.1) is 17.2 Å². The number of hydrogen-bond donors (Lipinski definition) is 0. The Morgan fingerprint density at radius 2 is 1.12 bits per heavy atom. The molecule has 4 rings (SSSR count). The van der Waals surface area contributed by atoms with Gasteiger partial charge in [-0.15, -0.1) is 0 Å². The van der Waals surface area contributed by atoms with Gasteiger partial charge in [-0.3, -0.25) is 0 Å². The first-order valence-electron chi connectivity index (χ1n) is 10.1. The molecule has 0 saturated carbocycles. The molecule has 0 unspecified atom stereocenters. The molecule has 164 valence electrons. The van der Waals surface area contributed by atoms with Crippen LogP contribution < -0.4 is 33.1 Å². The second kappa shape index (κ2) is 10.7. The molecule has 0 aromatic heterocycles. The molecule has 0 N–H and O–H groups in total. The van der Waals surface area contributed by atoms with E-state index in [9.17, 15) is 0 Å². The summed E-state index contributed by atoms with van der Waals surface area (Å²) in [7, 11) is -0.439. The fraction of sp³-hybridized carbons (Fsp3) is 0.111. The van der Waals surface area contributed by atoms with Gasteiger partial charge in [-0.05, 0) is 49.4 Å². The number of rotatable bonds is 6. The Bertz CT molecular complexity index is 1070. The molecule has 0 heterocycles. The fourth-order valence-corrected chi connectivity index (χ4v) is 9.16. The molecule has 1 nitrogen and oxygen atoms in total. The van der Waals surface area contributed by atoms with Gasteiger partial charge in [-0.1, -0.05) is 77.8 Å². The lowest BCUT2D eigenvalue weighted by atomic mass is 10.1. The Hall–Kier alpha value is -2.02. The second-order valence-electron chi connectivity index (χ2n) is 7.45. The molecule has 0 atom stereocenters. The lowest BCUT2D eigenvalue weighted by Crippen LogP contribution is -3.00. The maximum absolute atomic E-state index is 6.90. The molecular weight excluding hydrogens is 478 g/mol. The molecule has 32 heavy (non-hydrogen) atoms. The maximum atomic E-state index is 6.90. The van der Waals surface area contributed by atoms with Crippen molar-refractivity contribution >= 4 is 46.4 Å². The minimum Gasteiger partial charge on any atom is -1.00 e. The van der Waals surface area contributed by atoms with Crippen LogP contribution in [0.5, 0.6) is 5.75 Å². The molecular formula is C27H24Cl3OP. The largest absolute Gasteiger partial charge is 1.00 e. The molecule has 4 aromatic carbocycles. The summed E-state index contributed by atoms with van der Waals surface area (Å²) in [6.07, 6.45) is 0.730. The van der Waals surface area contributed by atoms with Gasteiger partial charge in [-0.2, -0.15) is 0 Å². The van der Waals surface area contributed by atoms with Crippen molar-refractivity contribution in [2.75, 3.05) is 7.11 Å². The molecule has 5 heteroatoms. The van der Waals surface area contributed by atoms with Crippen molar-refractivity contribution in [2.45, 2.75) is 13.1 Å². The third-order valence-corrected chi connectivity index (χ3v) is 10.9. The predicted octanol–water partition coefficient (Wildman–Crippen LogP) is 3.81. The topological polar surface area (TPSA) is 9.23 Å². The minimum absolute atomic E-state index is 0. The van der Waals surface area contributed by atoms with E-state index in [1.54, 1.807) is 7.11 Å². The monoisotopic (exact) mass is 500 g/mol. The van der Waals surface area contributed by atoms with Crippen LogP contribution in [0.3, 0.4) is 0 Å². The smallest absolute Gasteiger partial charge is 0.124 e. The zero-order valence-electron chi connectivity index (χ0n) is 17.9. The highest BCUT2D eigenvalue weighted by Gasteiger charge is 2.46. The van der Waals surface area contributed by atoms with Crippen LogP contribution in [-0.4, -0.2) is 7.11 Å². The van der Waals surface area contributed by atoms with Gasteiger partial charge < -0.3 is 17.1 Å². The summed E-state index contributed by atoms with van der Waals surface area (Å²) in [6.45, 7) is 1.98. The minimum atomic E-state index is -2.08. The average molecular weight is 502 g/mol. The van der Waals surface area contributed by atoms with E-state index in [0.717, 1.165) is 17.3 Å². The molecule has 0 radical (unpaired) electrons. The third-order valence-electron chi connectivity index (χ3n) is 5.72. The molecule has 0 aliphatic heterocycles. The summed E-state index contributed by atoms with van der Waals surface area (Å²) in [5.41, 5.74) is 1.88. The Morgan fingerprint density at radius 1 is 0.719 bits per heavy atom. The summed E-state index contributed by atoms with van der Waals surface area (Å²) in [5.74, 6) is 0.710. The Balaban J connectivity index is 0.00000289. The number of methoxy groups -OCH3 is 1. The third kappa shape index (κ3) is 4.54. The van der Waals surface area contributed by atoms with Gasteiger partial charge in [0, 0.05) is 11.1 Å². The summed E-state index contributed by atoms with van der Waals surface area (Å²) in [4.78, 5) is 0. The highest BCUT2D eigenvalue weighted by atomic mass is 35.5. The van der Waals surface area contributed by atoms with E-state index >= 15 is 0 Å².